The Kier molecular flexibility index (Phi) is 3.01. The number of carbonyl (C=O) groups excluding carboxylic acids is 1. The molecule has 2 rings (SSSR count). The van der Waals surface area contributed by atoms with Crippen molar-refractivity contribution in [3.63, 3.8) is 0 Å². The van der Waals surface area contributed by atoms with Gasteiger partial charge in [0.2, 0.25) is 5.91 Å². The van der Waals surface area contributed by atoms with Crippen molar-refractivity contribution in [2.24, 2.45) is 17.1 Å². The van der Waals surface area contributed by atoms with Gasteiger partial charge in [-0.25, -0.2) is 0 Å². The Morgan fingerprint density at radius 3 is 2.53 bits per heavy atom. The summed E-state index contributed by atoms with van der Waals surface area (Å²) >= 11 is 0. The summed E-state index contributed by atoms with van der Waals surface area (Å²) in [7, 11) is 0. The van der Waals surface area contributed by atoms with Crippen molar-refractivity contribution in [3.05, 3.63) is 0 Å². The molecule has 1 amide bonds. The van der Waals surface area contributed by atoms with E-state index in [9.17, 15) is 4.79 Å². The van der Waals surface area contributed by atoms with Gasteiger partial charge < -0.3 is 11.1 Å². The number of carbonyl (C=O) groups is 1. The third kappa shape index (κ3) is 2.33. The molecular formula is C12H22N2O. The van der Waals surface area contributed by atoms with E-state index in [-0.39, 0.29) is 11.3 Å². The Bertz CT molecular complexity index is 236. The van der Waals surface area contributed by atoms with Crippen LogP contribution in [0, 0.1) is 11.3 Å². The molecule has 0 aliphatic heterocycles. The van der Waals surface area contributed by atoms with E-state index in [2.05, 4.69) is 12.2 Å². The number of nitrogens with two attached hydrogens (primary N) is 1. The van der Waals surface area contributed by atoms with Crippen molar-refractivity contribution in [2.75, 3.05) is 6.54 Å². The largest absolute Gasteiger partial charge is 0.353 e. The quantitative estimate of drug-likeness (QED) is 0.737. The summed E-state index contributed by atoms with van der Waals surface area (Å²) in [5.41, 5.74) is 5.89. The molecule has 0 unspecified atom stereocenters. The van der Waals surface area contributed by atoms with Crippen LogP contribution in [0.4, 0.5) is 0 Å². The summed E-state index contributed by atoms with van der Waals surface area (Å²) in [4.78, 5) is 11.8. The first-order valence-electron chi connectivity index (χ1n) is 6.13. The summed E-state index contributed by atoms with van der Waals surface area (Å²) in [5, 5.41) is 3.11. The minimum Gasteiger partial charge on any atom is -0.353 e. The summed E-state index contributed by atoms with van der Waals surface area (Å²) in [6, 6.07) is 0.447. The topological polar surface area (TPSA) is 55.1 Å². The average molecular weight is 210 g/mol. The van der Waals surface area contributed by atoms with Gasteiger partial charge in [0.05, 0.1) is 0 Å². The van der Waals surface area contributed by atoms with Crippen LogP contribution < -0.4 is 11.1 Å². The van der Waals surface area contributed by atoms with Crippen LogP contribution in [-0.2, 0) is 4.79 Å². The smallest absolute Gasteiger partial charge is 0.220 e. The molecule has 0 aromatic heterocycles. The van der Waals surface area contributed by atoms with Crippen molar-refractivity contribution >= 4 is 5.91 Å². The van der Waals surface area contributed by atoms with Gasteiger partial charge in [0.25, 0.3) is 0 Å². The molecule has 2 saturated carbocycles. The highest BCUT2D eigenvalue weighted by Gasteiger charge is 2.38. The van der Waals surface area contributed by atoms with E-state index >= 15 is 0 Å². The molecule has 2 aliphatic carbocycles. The fraction of sp³-hybridized carbons (Fsp3) is 0.917. The molecule has 2 fully saturated rings. The van der Waals surface area contributed by atoms with Gasteiger partial charge in [-0.05, 0) is 43.6 Å². The second-order valence-electron chi connectivity index (χ2n) is 5.58. The molecule has 0 bridgehead atoms. The summed E-state index contributed by atoms with van der Waals surface area (Å²) < 4.78 is 0. The maximum Gasteiger partial charge on any atom is 0.220 e. The number of nitrogens with one attached hydrogen (secondary N) is 1. The fourth-order valence-corrected chi connectivity index (χ4v) is 2.77. The molecule has 15 heavy (non-hydrogen) atoms. The lowest BCUT2D eigenvalue weighted by molar-refractivity contribution is -0.126. The van der Waals surface area contributed by atoms with E-state index in [1.54, 1.807) is 0 Å². The molecule has 0 heterocycles. The normalized spacial score (nSPS) is 32.7. The average Bonchev–Trinajstić information content (AvgIpc) is 2.09. The zero-order chi connectivity index (χ0) is 10.9. The molecule has 0 radical (unpaired) electrons. The third-order valence-electron chi connectivity index (χ3n) is 4.12. The van der Waals surface area contributed by atoms with E-state index in [1.165, 1.54) is 6.42 Å². The van der Waals surface area contributed by atoms with Gasteiger partial charge in [-0.15, -0.1) is 0 Å². The lowest BCUT2D eigenvalue weighted by Gasteiger charge is -2.41. The van der Waals surface area contributed by atoms with Gasteiger partial charge in [-0.2, -0.15) is 0 Å². The fourth-order valence-electron chi connectivity index (χ4n) is 2.77. The molecule has 2 aliphatic rings. The van der Waals surface area contributed by atoms with Crippen LogP contribution in [0.5, 0.6) is 0 Å². The number of hydrogen-bond acceptors (Lipinski definition) is 2. The first-order chi connectivity index (χ1) is 7.13. The standard InChI is InChI=1S/C12H22N2O/c1-9-5-10(6-9)14-11(15)7-12(8-13)3-2-4-12/h9-10H,2-8,13H2,1H3,(H,14,15). The summed E-state index contributed by atoms with van der Waals surface area (Å²) in [5.74, 6) is 1.01. The van der Waals surface area contributed by atoms with Crippen molar-refractivity contribution in [3.8, 4) is 0 Å². The first-order valence-corrected chi connectivity index (χ1v) is 6.13. The maximum atomic E-state index is 11.8. The highest BCUT2D eigenvalue weighted by atomic mass is 16.1. The van der Waals surface area contributed by atoms with E-state index in [0.29, 0.717) is 19.0 Å². The highest BCUT2D eigenvalue weighted by Crippen LogP contribution is 2.43. The first kappa shape index (κ1) is 10.9. The zero-order valence-corrected chi connectivity index (χ0v) is 9.59. The Hall–Kier alpha value is -0.570. The van der Waals surface area contributed by atoms with Gasteiger partial charge in [-0.3, -0.25) is 4.79 Å². The van der Waals surface area contributed by atoms with Gasteiger partial charge in [0.15, 0.2) is 0 Å². The van der Waals surface area contributed by atoms with Gasteiger partial charge in [-0.1, -0.05) is 13.3 Å². The Balaban J connectivity index is 1.72. The predicted octanol–water partition coefficient (Wildman–Crippen LogP) is 1.42. The minimum atomic E-state index is 0.152. The van der Waals surface area contributed by atoms with Gasteiger partial charge >= 0.3 is 0 Å². The third-order valence-corrected chi connectivity index (χ3v) is 4.12. The zero-order valence-electron chi connectivity index (χ0n) is 9.59. The van der Waals surface area contributed by atoms with Gasteiger partial charge in [0, 0.05) is 12.5 Å². The monoisotopic (exact) mass is 210 g/mol. The summed E-state index contributed by atoms with van der Waals surface area (Å²) in [6.45, 7) is 2.90. The van der Waals surface area contributed by atoms with Crippen LogP contribution in [0.1, 0.15) is 45.4 Å². The van der Waals surface area contributed by atoms with E-state index in [1.807, 2.05) is 0 Å². The predicted molar refractivity (Wildman–Crippen MR) is 60.3 cm³/mol. The minimum absolute atomic E-state index is 0.152. The molecule has 3 heteroatoms. The molecule has 3 N–H and O–H groups in total. The molecule has 0 aromatic carbocycles. The molecule has 0 aromatic rings. The van der Waals surface area contributed by atoms with Crippen LogP contribution in [0.25, 0.3) is 0 Å². The highest BCUT2D eigenvalue weighted by molar-refractivity contribution is 5.77. The van der Waals surface area contributed by atoms with Crippen LogP contribution in [0.2, 0.25) is 0 Å². The molecule has 3 nitrogen and oxygen atoms in total. The Morgan fingerprint density at radius 2 is 2.13 bits per heavy atom. The molecule has 86 valence electrons. The van der Waals surface area contributed by atoms with E-state index in [0.717, 1.165) is 31.6 Å². The van der Waals surface area contributed by atoms with E-state index < -0.39 is 0 Å². The van der Waals surface area contributed by atoms with Crippen LogP contribution in [0.15, 0.2) is 0 Å². The van der Waals surface area contributed by atoms with Crippen molar-refractivity contribution in [1.82, 2.24) is 5.32 Å². The lowest BCUT2D eigenvalue weighted by Crippen LogP contribution is -2.47. The van der Waals surface area contributed by atoms with Crippen molar-refractivity contribution in [2.45, 2.75) is 51.5 Å². The number of rotatable bonds is 4. The lowest BCUT2D eigenvalue weighted by atomic mass is 9.66. The number of amides is 1. The second kappa shape index (κ2) is 4.12. The number of hydrogen-bond donors (Lipinski definition) is 2. The van der Waals surface area contributed by atoms with Crippen molar-refractivity contribution < 1.29 is 4.79 Å². The van der Waals surface area contributed by atoms with E-state index in [4.69, 9.17) is 5.73 Å². The Labute approximate surface area is 91.8 Å². The van der Waals surface area contributed by atoms with Crippen LogP contribution >= 0.6 is 0 Å². The maximum absolute atomic E-state index is 11.8. The molecular weight excluding hydrogens is 188 g/mol. The Morgan fingerprint density at radius 1 is 1.47 bits per heavy atom. The van der Waals surface area contributed by atoms with Crippen molar-refractivity contribution in [1.29, 1.82) is 0 Å². The molecule has 0 atom stereocenters. The second-order valence-corrected chi connectivity index (χ2v) is 5.58. The van der Waals surface area contributed by atoms with Crippen LogP contribution in [0.3, 0.4) is 0 Å². The van der Waals surface area contributed by atoms with Crippen LogP contribution in [-0.4, -0.2) is 18.5 Å². The molecule has 0 spiro atoms. The van der Waals surface area contributed by atoms with Gasteiger partial charge in [0.1, 0.15) is 0 Å². The SMILES string of the molecule is CC1CC(NC(=O)CC2(CN)CCC2)C1. The molecule has 0 saturated heterocycles. The summed E-state index contributed by atoms with van der Waals surface area (Å²) in [6.07, 6.45) is 6.47.